The Morgan fingerprint density at radius 2 is 1.97 bits per heavy atom. The molecule has 0 unspecified atom stereocenters. The highest BCUT2D eigenvalue weighted by Crippen LogP contribution is 2.32. The Labute approximate surface area is 190 Å². The third-order valence-corrected chi connectivity index (χ3v) is 6.04. The van der Waals surface area contributed by atoms with Gasteiger partial charge in [0.15, 0.2) is 11.6 Å². The van der Waals surface area contributed by atoms with E-state index in [4.69, 9.17) is 10.5 Å². The van der Waals surface area contributed by atoms with E-state index in [1.165, 1.54) is 18.9 Å². The van der Waals surface area contributed by atoms with Gasteiger partial charge in [-0.3, -0.25) is 0 Å². The summed E-state index contributed by atoms with van der Waals surface area (Å²) in [5, 5.41) is 7.48. The summed E-state index contributed by atoms with van der Waals surface area (Å²) in [5.41, 5.74) is 8.04. The van der Waals surface area contributed by atoms with Crippen LogP contribution in [0.25, 0.3) is 11.0 Å². The van der Waals surface area contributed by atoms with Crippen LogP contribution in [0.1, 0.15) is 38.3 Å². The molecule has 1 aliphatic rings. The molecule has 0 spiro atoms. The van der Waals surface area contributed by atoms with Gasteiger partial charge in [0, 0.05) is 42.3 Å². The van der Waals surface area contributed by atoms with Crippen LogP contribution >= 0.6 is 0 Å². The summed E-state index contributed by atoms with van der Waals surface area (Å²) in [6, 6.07) is 10.0. The Kier molecular flexibility index (Phi) is 5.55. The average Bonchev–Trinajstić information content (AvgIpc) is 3.44. The maximum Gasteiger partial charge on any atom is 0.222 e. The van der Waals surface area contributed by atoms with Crippen molar-refractivity contribution in [3.63, 3.8) is 0 Å². The van der Waals surface area contributed by atoms with E-state index >= 15 is 0 Å². The summed E-state index contributed by atoms with van der Waals surface area (Å²) in [5.74, 6) is 0.816. The SMILES string of the molecule is CC1(NCc2cc(Nc3ccc(Oc4ccnc5[nH]ccc45)c(F)c3)nc(N)n2)CCCC1. The zero-order valence-electron chi connectivity index (χ0n) is 18.4. The van der Waals surface area contributed by atoms with Crippen LogP contribution in [0.15, 0.2) is 48.8 Å². The van der Waals surface area contributed by atoms with Gasteiger partial charge in [-0.2, -0.15) is 4.98 Å². The smallest absolute Gasteiger partial charge is 0.222 e. The van der Waals surface area contributed by atoms with Crippen LogP contribution < -0.4 is 21.1 Å². The molecule has 4 aromatic rings. The first-order chi connectivity index (χ1) is 16.0. The molecule has 0 bridgehead atoms. The van der Waals surface area contributed by atoms with Gasteiger partial charge >= 0.3 is 0 Å². The van der Waals surface area contributed by atoms with Gasteiger partial charge in [0.2, 0.25) is 5.95 Å². The van der Waals surface area contributed by atoms with Crippen molar-refractivity contribution >= 4 is 28.5 Å². The summed E-state index contributed by atoms with van der Waals surface area (Å²) in [4.78, 5) is 15.8. The molecule has 0 aliphatic heterocycles. The van der Waals surface area contributed by atoms with Gasteiger partial charge in [-0.25, -0.2) is 14.4 Å². The van der Waals surface area contributed by atoms with E-state index in [1.54, 1.807) is 30.6 Å². The zero-order chi connectivity index (χ0) is 22.8. The number of nitrogens with two attached hydrogens (primary N) is 1. The first-order valence-electron chi connectivity index (χ1n) is 11.0. The minimum atomic E-state index is -0.501. The molecular formula is C24H26FN7O. The lowest BCUT2D eigenvalue weighted by atomic mass is 10.0. The van der Waals surface area contributed by atoms with Crippen molar-refractivity contribution in [3.8, 4) is 11.5 Å². The van der Waals surface area contributed by atoms with Crippen LogP contribution in [-0.4, -0.2) is 25.5 Å². The highest BCUT2D eigenvalue weighted by Gasteiger charge is 2.27. The molecule has 1 saturated carbocycles. The lowest BCUT2D eigenvalue weighted by Crippen LogP contribution is -2.39. The largest absolute Gasteiger partial charge is 0.453 e. The van der Waals surface area contributed by atoms with Crippen LogP contribution in [0.5, 0.6) is 11.5 Å². The molecule has 3 aromatic heterocycles. The third-order valence-electron chi connectivity index (χ3n) is 6.04. The fourth-order valence-corrected chi connectivity index (χ4v) is 4.26. The minimum absolute atomic E-state index is 0.117. The Balaban J connectivity index is 1.30. The van der Waals surface area contributed by atoms with Crippen LogP contribution in [0.2, 0.25) is 0 Å². The van der Waals surface area contributed by atoms with Crippen LogP contribution in [0, 0.1) is 5.82 Å². The molecule has 3 heterocycles. The van der Waals surface area contributed by atoms with Gasteiger partial charge in [0.1, 0.15) is 17.2 Å². The summed E-state index contributed by atoms with van der Waals surface area (Å²) in [6.45, 7) is 2.84. The predicted molar refractivity (Wildman–Crippen MR) is 126 cm³/mol. The van der Waals surface area contributed by atoms with Crippen LogP contribution in [-0.2, 0) is 6.54 Å². The van der Waals surface area contributed by atoms with Crippen molar-refractivity contribution in [2.75, 3.05) is 11.1 Å². The van der Waals surface area contributed by atoms with Crippen molar-refractivity contribution in [2.24, 2.45) is 0 Å². The first-order valence-corrected chi connectivity index (χ1v) is 11.0. The number of fused-ring (bicyclic) bond motifs is 1. The van der Waals surface area contributed by atoms with E-state index in [0.717, 1.165) is 23.9 Å². The van der Waals surface area contributed by atoms with Gasteiger partial charge in [-0.1, -0.05) is 12.8 Å². The quantitative estimate of drug-likeness (QED) is 0.314. The molecule has 0 atom stereocenters. The highest BCUT2D eigenvalue weighted by atomic mass is 19.1. The number of aromatic nitrogens is 4. The number of benzene rings is 1. The number of ether oxygens (including phenoxy) is 1. The van der Waals surface area contributed by atoms with Gasteiger partial charge in [-0.15, -0.1) is 0 Å². The first kappa shape index (κ1) is 21.1. The molecule has 5 N–H and O–H groups in total. The summed E-state index contributed by atoms with van der Waals surface area (Å²) < 4.78 is 20.6. The Bertz CT molecular complexity index is 1280. The van der Waals surface area contributed by atoms with Crippen molar-refractivity contribution in [3.05, 3.63) is 60.3 Å². The second kappa shape index (κ2) is 8.67. The second-order valence-electron chi connectivity index (χ2n) is 8.65. The standard InChI is InChI=1S/C24H26FN7O/c1-24(8-2-3-9-24)29-14-16-13-21(32-23(26)31-16)30-15-4-5-20(18(25)12-15)33-19-7-11-28-22-17(19)6-10-27-22/h4-7,10-13,29H,2-3,8-9,14H2,1H3,(H,27,28)(H3,26,30,31,32). The number of hydrogen-bond acceptors (Lipinski definition) is 7. The molecule has 0 amide bonds. The third kappa shape index (κ3) is 4.73. The van der Waals surface area contributed by atoms with E-state index in [9.17, 15) is 4.39 Å². The van der Waals surface area contributed by atoms with Crippen molar-refractivity contribution in [1.29, 1.82) is 0 Å². The number of hydrogen-bond donors (Lipinski definition) is 4. The number of anilines is 3. The van der Waals surface area contributed by atoms with Crippen LogP contribution in [0.4, 0.5) is 21.8 Å². The molecule has 0 radical (unpaired) electrons. The van der Waals surface area contributed by atoms with Gasteiger partial charge < -0.3 is 26.1 Å². The average molecular weight is 448 g/mol. The molecule has 1 fully saturated rings. The monoisotopic (exact) mass is 447 g/mol. The minimum Gasteiger partial charge on any atom is -0.453 e. The van der Waals surface area contributed by atoms with E-state index in [0.29, 0.717) is 29.4 Å². The number of nitrogens with one attached hydrogen (secondary N) is 3. The van der Waals surface area contributed by atoms with E-state index < -0.39 is 5.82 Å². The molecular weight excluding hydrogens is 421 g/mol. The summed E-state index contributed by atoms with van der Waals surface area (Å²) in [6.07, 6.45) is 8.17. The number of aromatic amines is 1. The molecule has 8 nitrogen and oxygen atoms in total. The molecule has 170 valence electrons. The second-order valence-corrected chi connectivity index (χ2v) is 8.65. The predicted octanol–water partition coefficient (Wildman–Crippen LogP) is 5.03. The maximum atomic E-state index is 14.8. The van der Waals surface area contributed by atoms with Crippen molar-refractivity contribution in [2.45, 2.75) is 44.7 Å². The normalized spacial score (nSPS) is 15.1. The maximum absolute atomic E-state index is 14.8. The van der Waals surface area contributed by atoms with E-state index in [2.05, 4.69) is 37.5 Å². The summed E-state index contributed by atoms with van der Waals surface area (Å²) in [7, 11) is 0. The number of H-pyrrole nitrogens is 1. The topological polar surface area (TPSA) is 114 Å². The number of rotatable bonds is 7. The van der Waals surface area contributed by atoms with Crippen LogP contribution in [0.3, 0.4) is 0 Å². The fourth-order valence-electron chi connectivity index (χ4n) is 4.26. The number of nitrogen functional groups attached to an aromatic ring is 1. The molecule has 0 saturated heterocycles. The highest BCUT2D eigenvalue weighted by molar-refractivity contribution is 5.82. The molecule has 9 heteroatoms. The zero-order valence-corrected chi connectivity index (χ0v) is 18.4. The lowest BCUT2D eigenvalue weighted by Gasteiger charge is -2.25. The van der Waals surface area contributed by atoms with Gasteiger partial charge in [-0.05, 0) is 44.0 Å². The number of nitrogens with zero attached hydrogens (tertiary/aromatic N) is 3. The van der Waals surface area contributed by atoms with E-state index in [-0.39, 0.29) is 17.2 Å². The Morgan fingerprint density at radius 1 is 1.12 bits per heavy atom. The van der Waals surface area contributed by atoms with E-state index in [1.807, 2.05) is 12.1 Å². The molecule has 1 aromatic carbocycles. The number of pyridine rings is 1. The molecule has 5 rings (SSSR count). The van der Waals surface area contributed by atoms with Gasteiger partial charge in [0.25, 0.3) is 0 Å². The van der Waals surface area contributed by atoms with Gasteiger partial charge in [0.05, 0.1) is 11.1 Å². The van der Waals surface area contributed by atoms with Crippen molar-refractivity contribution in [1.82, 2.24) is 25.3 Å². The molecule has 33 heavy (non-hydrogen) atoms. The van der Waals surface area contributed by atoms with Crippen molar-refractivity contribution < 1.29 is 9.13 Å². The lowest BCUT2D eigenvalue weighted by molar-refractivity contribution is 0.360. The summed E-state index contributed by atoms with van der Waals surface area (Å²) >= 11 is 0. The Morgan fingerprint density at radius 3 is 2.79 bits per heavy atom. The molecule has 1 aliphatic carbocycles. The Hall–Kier alpha value is -3.72. The fraction of sp³-hybridized carbons (Fsp3) is 0.292. The number of halogens is 1.